The van der Waals surface area contributed by atoms with Crippen molar-refractivity contribution in [3.63, 3.8) is 0 Å². The van der Waals surface area contributed by atoms with Crippen molar-refractivity contribution in [1.82, 2.24) is 4.90 Å². The molecule has 1 amide bonds. The van der Waals surface area contributed by atoms with E-state index >= 15 is 0 Å². The van der Waals surface area contributed by atoms with E-state index in [4.69, 9.17) is 5.11 Å². The zero-order valence-corrected chi connectivity index (χ0v) is 12.9. The quantitative estimate of drug-likeness (QED) is 0.874. The number of carbonyl (C=O) groups excluding carboxylic acids is 1. The number of hydrogen-bond acceptors (Lipinski definition) is 2. The molecule has 1 heterocycles. The molecule has 0 spiro atoms. The number of carbonyl (C=O) groups is 2. The Hall–Kier alpha value is -1.98. The molecule has 1 N–H and O–H groups in total. The van der Waals surface area contributed by atoms with Gasteiger partial charge in [0, 0.05) is 25.4 Å². The van der Waals surface area contributed by atoms with Crippen LogP contribution in [0.4, 0.5) is 8.78 Å². The number of benzene rings is 1. The minimum atomic E-state index is -0.910. The van der Waals surface area contributed by atoms with Crippen LogP contribution in [0.1, 0.15) is 44.1 Å². The number of nitrogens with zero attached hydrogens (tertiary/aromatic N) is 1. The van der Waals surface area contributed by atoms with E-state index in [-0.39, 0.29) is 36.8 Å². The van der Waals surface area contributed by atoms with E-state index in [9.17, 15) is 18.4 Å². The third-order valence-corrected chi connectivity index (χ3v) is 4.28. The molecule has 1 atom stereocenters. The monoisotopic (exact) mass is 325 g/mol. The first-order chi connectivity index (χ1) is 11.0. The van der Waals surface area contributed by atoms with Crippen molar-refractivity contribution in [3.8, 4) is 0 Å². The lowest BCUT2D eigenvalue weighted by molar-refractivity contribution is -0.140. The van der Waals surface area contributed by atoms with Crippen LogP contribution in [0.2, 0.25) is 0 Å². The number of aliphatic carboxylic acids is 1. The highest BCUT2D eigenvalue weighted by molar-refractivity contribution is 5.77. The molecule has 0 saturated carbocycles. The third kappa shape index (κ3) is 4.74. The fourth-order valence-electron chi connectivity index (χ4n) is 3.05. The Kier molecular flexibility index (Phi) is 6.07. The number of carboxylic acid groups (broad SMARTS) is 1. The van der Waals surface area contributed by atoms with E-state index < -0.39 is 17.6 Å². The van der Waals surface area contributed by atoms with Gasteiger partial charge < -0.3 is 10.0 Å². The zero-order valence-electron chi connectivity index (χ0n) is 12.9. The molecule has 0 aliphatic carbocycles. The highest BCUT2D eigenvalue weighted by atomic mass is 19.2. The first-order valence-electron chi connectivity index (χ1n) is 7.93. The summed E-state index contributed by atoms with van der Waals surface area (Å²) in [5.74, 6) is -2.80. The molecule has 6 heteroatoms. The number of piperidine rings is 1. The number of hydrogen-bond donors (Lipinski definition) is 1. The van der Waals surface area contributed by atoms with Crippen molar-refractivity contribution in [2.75, 3.05) is 6.54 Å². The maximum atomic E-state index is 13.6. The van der Waals surface area contributed by atoms with Crippen LogP contribution in [-0.4, -0.2) is 34.5 Å². The maximum absolute atomic E-state index is 13.6. The molecule has 126 valence electrons. The highest BCUT2D eigenvalue weighted by Crippen LogP contribution is 2.22. The average molecular weight is 325 g/mol. The summed E-state index contributed by atoms with van der Waals surface area (Å²) < 4.78 is 26.8. The summed E-state index contributed by atoms with van der Waals surface area (Å²) in [5, 5.41) is 8.80. The van der Waals surface area contributed by atoms with Crippen LogP contribution < -0.4 is 0 Å². The van der Waals surface area contributed by atoms with Gasteiger partial charge in [-0.25, -0.2) is 8.78 Å². The van der Waals surface area contributed by atoms with Gasteiger partial charge in [-0.05, 0) is 43.7 Å². The van der Waals surface area contributed by atoms with Gasteiger partial charge in [0.15, 0.2) is 11.6 Å². The van der Waals surface area contributed by atoms with Crippen LogP contribution in [0.3, 0.4) is 0 Å². The Bertz CT molecular complexity index is 577. The number of aryl methyl sites for hydroxylation is 1. The summed E-state index contributed by atoms with van der Waals surface area (Å²) in [5.41, 5.74) is 0.192. The summed E-state index contributed by atoms with van der Waals surface area (Å²) in [7, 11) is 0. The first-order valence-corrected chi connectivity index (χ1v) is 7.93. The Morgan fingerprint density at radius 1 is 1.22 bits per heavy atom. The number of carboxylic acids is 1. The molecule has 0 unspecified atom stereocenters. The Morgan fingerprint density at radius 3 is 2.74 bits per heavy atom. The van der Waals surface area contributed by atoms with Gasteiger partial charge >= 0.3 is 5.97 Å². The van der Waals surface area contributed by atoms with Crippen molar-refractivity contribution in [2.45, 2.75) is 51.0 Å². The summed E-state index contributed by atoms with van der Waals surface area (Å²) >= 11 is 0. The molecule has 1 aromatic rings. The van der Waals surface area contributed by atoms with Crippen molar-refractivity contribution >= 4 is 11.9 Å². The Labute approximate surface area is 134 Å². The van der Waals surface area contributed by atoms with E-state index in [1.807, 2.05) is 0 Å². The van der Waals surface area contributed by atoms with E-state index in [2.05, 4.69) is 0 Å². The normalized spacial score (nSPS) is 18.0. The van der Waals surface area contributed by atoms with Crippen LogP contribution in [-0.2, 0) is 16.0 Å². The Balaban J connectivity index is 1.94. The van der Waals surface area contributed by atoms with Crippen LogP contribution in [0.15, 0.2) is 18.2 Å². The van der Waals surface area contributed by atoms with Gasteiger partial charge in [-0.15, -0.1) is 0 Å². The minimum absolute atomic E-state index is 0.0347. The number of rotatable bonds is 6. The SMILES string of the molecule is O=C(O)CC[C@H]1CCCCN1C(=O)CCc1cccc(F)c1F. The van der Waals surface area contributed by atoms with Gasteiger partial charge in [-0.1, -0.05) is 12.1 Å². The standard InChI is InChI=1S/C17H21F2NO3/c18-14-6-3-4-12(17(14)19)7-9-15(21)20-11-2-1-5-13(20)8-10-16(22)23/h3-4,6,13H,1-2,5,7-11H2,(H,22,23)/t13-/m1/s1. The molecule has 2 rings (SSSR count). The van der Waals surface area contributed by atoms with Gasteiger partial charge in [-0.2, -0.15) is 0 Å². The van der Waals surface area contributed by atoms with Gasteiger partial charge in [0.2, 0.25) is 5.91 Å². The molecular weight excluding hydrogens is 304 g/mol. The molecule has 0 radical (unpaired) electrons. The lowest BCUT2D eigenvalue weighted by Crippen LogP contribution is -2.44. The van der Waals surface area contributed by atoms with Crippen LogP contribution in [0, 0.1) is 11.6 Å². The lowest BCUT2D eigenvalue weighted by Gasteiger charge is -2.35. The van der Waals surface area contributed by atoms with Gasteiger partial charge in [0.05, 0.1) is 0 Å². The van der Waals surface area contributed by atoms with Crippen LogP contribution in [0.5, 0.6) is 0 Å². The second-order valence-electron chi connectivity index (χ2n) is 5.88. The minimum Gasteiger partial charge on any atom is -0.481 e. The van der Waals surface area contributed by atoms with Gasteiger partial charge in [0.25, 0.3) is 0 Å². The van der Waals surface area contributed by atoms with Crippen LogP contribution >= 0.6 is 0 Å². The molecular formula is C17H21F2NO3. The van der Waals surface area contributed by atoms with Crippen molar-refractivity contribution in [1.29, 1.82) is 0 Å². The number of amides is 1. The summed E-state index contributed by atoms with van der Waals surface area (Å²) in [6.45, 7) is 0.606. The fraction of sp³-hybridized carbons (Fsp3) is 0.529. The third-order valence-electron chi connectivity index (χ3n) is 4.28. The van der Waals surface area contributed by atoms with E-state index in [1.165, 1.54) is 12.1 Å². The van der Waals surface area contributed by atoms with Crippen LogP contribution in [0.25, 0.3) is 0 Å². The predicted molar refractivity (Wildman–Crippen MR) is 80.9 cm³/mol. The summed E-state index contributed by atoms with van der Waals surface area (Å²) in [6, 6.07) is 3.89. The topological polar surface area (TPSA) is 57.6 Å². The largest absolute Gasteiger partial charge is 0.481 e. The summed E-state index contributed by atoms with van der Waals surface area (Å²) in [6.07, 6.45) is 3.39. The predicted octanol–water partition coefficient (Wildman–Crippen LogP) is 3.14. The van der Waals surface area contributed by atoms with E-state index in [0.717, 1.165) is 25.3 Å². The molecule has 1 aromatic carbocycles. The van der Waals surface area contributed by atoms with E-state index in [0.29, 0.717) is 13.0 Å². The molecule has 23 heavy (non-hydrogen) atoms. The molecule has 0 bridgehead atoms. The molecule has 1 fully saturated rings. The average Bonchev–Trinajstić information content (AvgIpc) is 2.54. The lowest BCUT2D eigenvalue weighted by atomic mass is 9.97. The second-order valence-corrected chi connectivity index (χ2v) is 5.88. The number of likely N-dealkylation sites (tertiary alicyclic amines) is 1. The van der Waals surface area contributed by atoms with Crippen molar-refractivity contribution < 1.29 is 23.5 Å². The molecule has 0 aromatic heterocycles. The molecule has 4 nitrogen and oxygen atoms in total. The second kappa shape index (κ2) is 8.04. The first kappa shape index (κ1) is 17.4. The molecule has 1 aliphatic rings. The highest BCUT2D eigenvalue weighted by Gasteiger charge is 2.26. The molecule has 1 aliphatic heterocycles. The van der Waals surface area contributed by atoms with Gasteiger partial charge in [-0.3, -0.25) is 9.59 Å². The zero-order chi connectivity index (χ0) is 16.8. The van der Waals surface area contributed by atoms with E-state index in [1.54, 1.807) is 4.90 Å². The Morgan fingerprint density at radius 2 is 2.00 bits per heavy atom. The maximum Gasteiger partial charge on any atom is 0.303 e. The van der Waals surface area contributed by atoms with Crippen molar-refractivity contribution in [3.05, 3.63) is 35.4 Å². The summed E-state index contributed by atoms with van der Waals surface area (Å²) in [4.78, 5) is 24.8. The molecule has 1 saturated heterocycles. The fourth-order valence-corrected chi connectivity index (χ4v) is 3.05. The number of halogens is 2. The van der Waals surface area contributed by atoms with Crippen molar-refractivity contribution in [2.24, 2.45) is 0 Å². The smallest absolute Gasteiger partial charge is 0.303 e. The van der Waals surface area contributed by atoms with Gasteiger partial charge in [0.1, 0.15) is 0 Å².